The summed E-state index contributed by atoms with van der Waals surface area (Å²) in [5.74, 6) is 0.440. The number of carbonyl (C=O) groups excluding carboxylic acids is 1. The molecule has 140 valence electrons. The molecule has 1 amide bonds. The van der Waals surface area contributed by atoms with Crippen molar-refractivity contribution in [3.8, 4) is 0 Å². The van der Waals surface area contributed by atoms with Gasteiger partial charge in [-0.15, -0.1) is 0 Å². The smallest absolute Gasteiger partial charge is 0.250 e. The van der Waals surface area contributed by atoms with E-state index in [9.17, 15) is 9.18 Å². The van der Waals surface area contributed by atoms with Gasteiger partial charge in [0.1, 0.15) is 23.2 Å². The molecule has 1 N–H and O–H groups in total. The Morgan fingerprint density at radius 2 is 2.04 bits per heavy atom. The lowest BCUT2D eigenvalue weighted by Crippen LogP contribution is -2.48. The average molecular weight is 367 g/mol. The van der Waals surface area contributed by atoms with Crippen molar-refractivity contribution in [1.82, 2.24) is 14.8 Å². The van der Waals surface area contributed by atoms with Crippen LogP contribution >= 0.6 is 0 Å². The zero-order valence-corrected chi connectivity index (χ0v) is 15.7. The van der Waals surface area contributed by atoms with Crippen LogP contribution in [0.4, 0.5) is 15.9 Å². The van der Waals surface area contributed by atoms with Gasteiger partial charge in [0, 0.05) is 36.4 Å². The van der Waals surface area contributed by atoms with Crippen molar-refractivity contribution < 1.29 is 9.18 Å². The van der Waals surface area contributed by atoms with E-state index in [1.54, 1.807) is 15.6 Å². The molecule has 1 fully saturated rings. The van der Waals surface area contributed by atoms with Crippen molar-refractivity contribution in [2.45, 2.75) is 32.7 Å². The lowest BCUT2D eigenvalue weighted by atomic mass is 10.0. The molecule has 0 bridgehead atoms. The topological polar surface area (TPSA) is 63.1 Å². The first-order valence-corrected chi connectivity index (χ1v) is 9.08. The van der Waals surface area contributed by atoms with Crippen molar-refractivity contribution in [2.24, 2.45) is 7.05 Å². The summed E-state index contributed by atoms with van der Waals surface area (Å²) in [4.78, 5) is 19.2. The Morgan fingerprint density at radius 3 is 2.78 bits per heavy atom. The van der Waals surface area contributed by atoms with E-state index in [1.807, 2.05) is 39.1 Å². The third-order valence-electron chi connectivity index (χ3n) is 4.94. The third-order valence-corrected chi connectivity index (χ3v) is 4.94. The summed E-state index contributed by atoms with van der Waals surface area (Å²) in [5, 5.41) is 8.37. The summed E-state index contributed by atoms with van der Waals surface area (Å²) >= 11 is 0. The number of nitrogens with zero attached hydrogens (tertiary/aromatic N) is 4. The lowest BCUT2D eigenvalue weighted by Gasteiger charge is -2.33. The number of nitrogens with one attached hydrogen (secondary N) is 1. The molecule has 2 aromatic heterocycles. The van der Waals surface area contributed by atoms with Crippen molar-refractivity contribution in [3.05, 3.63) is 47.5 Å². The number of benzene rings is 1. The van der Waals surface area contributed by atoms with Crippen LogP contribution in [0.5, 0.6) is 0 Å². The fourth-order valence-electron chi connectivity index (χ4n) is 3.73. The van der Waals surface area contributed by atoms with Gasteiger partial charge in [-0.2, -0.15) is 5.10 Å². The van der Waals surface area contributed by atoms with Gasteiger partial charge in [0.15, 0.2) is 0 Å². The predicted octanol–water partition coefficient (Wildman–Crippen LogP) is 3.33. The molecule has 0 spiro atoms. The number of hydrogen-bond donors (Lipinski definition) is 1. The number of pyridine rings is 1. The summed E-state index contributed by atoms with van der Waals surface area (Å²) in [5.41, 5.74) is 2.64. The molecule has 1 unspecified atom stereocenters. The number of fused-ring (bicyclic) bond motifs is 1. The van der Waals surface area contributed by atoms with Crippen molar-refractivity contribution in [3.63, 3.8) is 0 Å². The summed E-state index contributed by atoms with van der Waals surface area (Å²) in [7, 11) is 1.84. The largest absolute Gasteiger partial charge is 0.373 e. The standard InChI is InChI=1S/C20H22FN5O/c1-12-10-17(14-6-4-7-15(21)19(14)22-12)23-16-8-5-9-26(20(16)27)18-11-13(2)24-25(18)3/h4,6-7,10-11,16H,5,8-9H2,1-3H3,(H,22,23). The maximum absolute atomic E-state index is 14.2. The second-order valence-electron chi connectivity index (χ2n) is 7.04. The second kappa shape index (κ2) is 6.64. The van der Waals surface area contributed by atoms with Crippen LogP contribution in [0, 0.1) is 19.7 Å². The number of piperidine rings is 1. The number of hydrogen-bond acceptors (Lipinski definition) is 4. The van der Waals surface area contributed by atoms with Gasteiger partial charge in [-0.05, 0) is 38.8 Å². The summed E-state index contributed by atoms with van der Waals surface area (Å²) in [6.45, 7) is 4.40. The minimum absolute atomic E-state index is 0.00303. The van der Waals surface area contributed by atoms with Gasteiger partial charge in [-0.25, -0.2) is 9.37 Å². The van der Waals surface area contributed by atoms with Crippen LogP contribution in [0.15, 0.2) is 30.3 Å². The maximum Gasteiger partial charge on any atom is 0.250 e. The van der Waals surface area contributed by atoms with E-state index in [2.05, 4.69) is 15.4 Å². The van der Waals surface area contributed by atoms with Crippen LogP contribution in [-0.4, -0.2) is 33.3 Å². The quantitative estimate of drug-likeness (QED) is 0.771. The van der Waals surface area contributed by atoms with Crippen LogP contribution in [0.3, 0.4) is 0 Å². The first-order chi connectivity index (χ1) is 12.9. The Bertz CT molecular complexity index is 1030. The zero-order chi connectivity index (χ0) is 19.1. The molecule has 4 rings (SSSR count). The van der Waals surface area contributed by atoms with Crippen LogP contribution < -0.4 is 10.2 Å². The molecule has 0 radical (unpaired) electrons. The molecule has 3 heterocycles. The Labute approximate surface area is 157 Å². The SMILES string of the molecule is Cc1cc(NC2CCCN(c3cc(C)nn3C)C2=O)c2cccc(F)c2n1. The first-order valence-electron chi connectivity index (χ1n) is 9.08. The Balaban J connectivity index is 1.67. The van der Waals surface area contributed by atoms with Gasteiger partial charge < -0.3 is 5.32 Å². The van der Waals surface area contributed by atoms with Gasteiger partial charge in [-0.3, -0.25) is 14.4 Å². The Hall–Kier alpha value is -2.96. The molecule has 1 atom stereocenters. The minimum Gasteiger partial charge on any atom is -0.373 e. The molecule has 1 aliphatic rings. The predicted molar refractivity (Wildman–Crippen MR) is 103 cm³/mol. The molecule has 1 aliphatic heterocycles. The van der Waals surface area contributed by atoms with Gasteiger partial charge >= 0.3 is 0 Å². The van der Waals surface area contributed by atoms with Crippen LogP contribution in [0.25, 0.3) is 10.9 Å². The average Bonchev–Trinajstić information content (AvgIpc) is 2.96. The van der Waals surface area contributed by atoms with Gasteiger partial charge in [0.05, 0.1) is 5.69 Å². The lowest BCUT2D eigenvalue weighted by molar-refractivity contribution is -0.120. The highest BCUT2D eigenvalue weighted by Crippen LogP contribution is 2.28. The molecule has 6 nitrogen and oxygen atoms in total. The van der Waals surface area contributed by atoms with Crippen LogP contribution in [0.1, 0.15) is 24.2 Å². The number of aryl methyl sites for hydroxylation is 3. The highest BCUT2D eigenvalue weighted by Gasteiger charge is 2.31. The molecule has 1 aromatic carbocycles. The number of anilines is 2. The molecule has 0 aliphatic carbocycles. The van der Waals surface area contributed by atoms with Gasteiger partial charge in [-0.1, -0.05) is 12.1 Å². The molecular weight excluding hydrogens is 345 g/mol. The second-order valence-corrected chi connectivity index (χ2v) is 7.04. The Morgan fingerprint density at radius 1 is 1.22 bits per heavy atom. The normalized spacial score (nSPS) is 17.6. The fraction of sp³-hybridized carbons (Fsp3) is 0.350. The number of para-hydroxylation sites is 1. The molecule has 3 aromatic rings. The number of halogens is 1. The molecule has 1 saturated heterocycles. The summed E-state index contributed by atoms with van der Waals surface area (Å²) < 4.78 is 15.9. The maximum atomic E-state index is 14.2. The van der Waals surface area contributed by atoms with Gasteiger partial charge in [0.2, 0.25) is 0 Å². The molecule has 7 heteroatoms. The van der Waals surface area contributed by atoms with Crippen molar-refractivity contribution in [2.75, 3.05) is 16.8 Å². The zero-order valence-electron chi connectivity index (χ0n) is 15.7. The van der Waals surface area contributed by atoms with Crippen LogP contribution in [0.2, 0.25) is 0 Å². The fourth-order valence-corrected chi connectivity index (χ4v) is 3.73. The van der Waals surface area contributed by atoms with E-state index in [-0.39, 0.29) is 17.8 Å². The summed E-state index contributed by atoms with van der Waals surface area (Å²) in [6.07, 6.45) is 1.61. The molecular formula is C20H22FN5O. The molecule has 27 heavy (non-hydrogen) atoms. The number of aromatic nitrogens is 3. The monoisotopic (exact) mass is 367 g/mol. The van der Waals surface area contributed by atoms with Crippen molar-refractivity contribution in [1.29, 1.82) is 0 Å². The van der Waals surface area contributed by atoms with Crippen LogP contribution in [-0.2, 0) is 11.8 Å². The first kappa shape index (κ1) is 17.5. The van der Waals surface area contributed by atoms with E-state index in [0.29, 0.717) is 23.1 Å². The third kappa shape index (κ3) is 3.13. The van der Waals surface area contributed by atoms with E-state index in [4.69, 9.17) is 0 Å². The van der Waals surface area contributed by atoms with E-state index < -0.39 is 0 Å². The summed E-state index contributed by atoms with van der Waals surface area (Å²) in [6, 6.07) is 8.29. The number of amides is 1. The Kier molecular flexibility index (Phi) is 4.30. The highest BCUT2D eigenvalue weighted by atomic mass is 19.1. The van der Waals surface area contributed by atoms with E-state index in [0.717, 1.165) is 30.0 Å². The van der Waals surface area contributed by atoms with E-state index in [1.165, 1.54) is 6.07 Å². The van der Waals surface area contributed by atoms with Gasteiger partial charge in [0.25, 0.3) is 5.91 Å². The number of rotatable bonds is 3. The molecule has 0 saturated carbocycles. The van der Waals surface area contributed by atoms with Crippen molar-refractivity contribution >= 4 is 28.3 Å². The number of carbonyl (C=O) groups is 1. The highest BCUT2D eigenvalue weighted by molar-refractivity contribution is 6.01. The van der Waals surface area contributed by atoms with E-state index >= 15 is 0 Å². The minimum atomic E-state index is -0.373.